The van der Waals surface area contributed by atoms with Crippen molar-refractivity contribution in [3.8, 4) is 28.5 Å². The van der Waals surface area contributed by atoms with Gasteiger partial charge in [-0.3, -0.25) is 4.79 Å². The van der Waals surface area contributed by atoms with Gasteiger partial charge in [-0.25, -0.2) is 18.1 Å². The van der Waals surface area contributed by atoms with Crippen LogP contribution in [0, 0.1) is 18.8 Å². The lowest BCUT2D eigenvalue weighted by Crippen LogP contribution is -2.44. The molecule has 8 nitrogen and oxygen atoms in total. The topological polar surface area (TPSA) is 97.8 Å². The largest absolute Gasteiger partial charge is 0.497 e. The Morgan fingerprint density at radius 2 is 1.70 bits per heavy atom. The number of rotatable bonds is 11. The molecular formula is C40H39N3O5S2. The zero-order valence-corrected chi connectivity index (χ0v) is 29.6. The molecule has 2 aliphatic rings. The fraction of sp³-hybridized carbons (Fsp3) is 0.250. The molecule has 256 valence electrons. The van der Waals surface area contributed by atoms with E-state index >= 15 is 0 Å². The number of hydrogen-bond donors (Lipinski definition) is 1. The molecule has 0 aliphatic carbocycles. The van der Waals surface area contributed by atoms with Crippen LogP contribution >= 0.6 is 11.8 Å². The number of thioether (sulfide) groups is 1. The Morgan fingerprint density at radius 3 is 2.42 bits per heavy atom. The van der Waals surface area contributed by atoms with E-state index in [9.17, 15) is 13.2 Å². The van der Waals surface area contributed by atoms with Gasteiger partial charge in [0.2, 0.25) is 10.0 Å². The SMILES string of the molecule is C=C[C@@H](CNS(=O)(=O)c1ccc(C)cc1)[C@H]1CCN2C(=O)S[C@H](c3cc(-c4ccc(Oc5ccccc5)cc4)nc4ccc(OC)cc34)[C@@H]2C1. The Hall–Kier alpha value is -4.64. The van der Waals surface area contributed by atoms with Gasteiger partial charge in [0.1, 0.15) is 17.2 Å². The van der Waals surface area contributed by atoms with Crippen molar-refractivity contribution >= 4 is 37.9 Å². The Kier molecular flexibility index (Phi) is 9.68. The van der Waals surface area contributed by atoms with Crippen molar-refractivity contribution in [2.45, 2.75) is 36.0 Å². The van der Waals surface area contributed by atoms with E-state index in [2.05, 4.69) is 17.4 Å². The summed E-state index contributed by atoms with van der Waals surface area (Å²) >= 11 is 1.36. The second-order valence-electron chi connectivity index (χ2n) is 12.8. The molecule has 2 fully saturated rings. The molecule has 1 amide bonds. The van der Waals surface area contributed by atoms with Crippen molar-refractivity contribution in [3.05, 3.63) is 127 Å². The second kappa shape index (κ2) is 14.3. The standard InChI is InChI=1S/C40H39N3O5S2/c1-4-27(25-41-50(45,46)33-17-10-26(2)11-18-33)29-20-21-43-38(22-29)39(49-40(43)44)35-24-37(42-36-19-16-32(47-3)23-34(35)36)28-12-14-31(15-13-28)48-30-8-6-5-7-9-30/h4-19,23-24,27,29,38-39,41H,1,20-22,25H2,2-3H3/t27-,29-,38-,39+/m0/s1. The van der Waals surface area contributed by atoms with E-state index in [1.807, 2.05) is 90.7 Å². The van der Waals surface area contributed by atoms with Crippen molar-refractivity contribution in [2.75, 3.05) is 20.2 Å². The quantitative estimate of drug-likeness (QED) is 0.137. The number of carbonyl (C=O) groups excluding carboxylic acids is 1. The number of benzene rings is 4. The van der Waals surface area contributed by atoms with E-state index in [1.54, 1.807) is 31.4 Å². The summed E-state index contributed by atoms with van der Waals surface area (Å²) in [6, 6.07) is 32.3. The molecule has 3 heterocycles. The van der Waals surface area contributed by atoms with Crippen molar-refractivity contribution in [1.29, 1.82) is 0 Å². The van der Waals surface area contributed by atoms with Crippen molar-refractivity contribution in [2.24, 2.45) is 11.8 Å². The highest BCUT2D eigenvalue weighted by Crippen LogP contribution is 2.51. The lowest BCUT2D eigenvalue weighted by Gasteiger charge is -2.39. The number of nitrogens with one attached hydrogen (secondary N) is 1. The van der Waals surface area contributed by atoms with Crippen LogP contribution in [-0.2, 0) is 10.0 Å². The molecule has 10 heteroatoms. The minimum Gasteiger partial charge on any atom is -0.497 e. The lowest BCUT2D eigenvalue weighted by molar-refractivity contribution is 0.135. The van der Waals surface area contributed by atoms with E-state index in [0.29, 0.717) is 6.54 Å². The van der Waals surface area contributed by atoms with Gasteiger partial charge < -0.3 is 14.4 Å². The van der Waals surface area contributed by atoms with E-state index in [1.165, 1.54) is 11.8 Å². The highest BCUT2D eigenvalue weighted by Gasteiger charge is 2.46. The van der Waals surface area contributed by atoms with Crippen LogP contribution in [0.5, 0.6) is 17.2 Å². The first-order valence-electron chi connectivity index (χ1n) is 16.7. The number of methoxy groups -OCH3 is 1. The van der Waals surface area contributed by atoms with Crippen LogP contribution in [0.1, 0.15) is 29.2 Å². The first-order valence-corrected chi connectivity index (χ1v) is 19.1. The second-order valence-corrected chi connectivity index (χ2v) is 15.7. The van der Waals surface area contributed by atoms with Gasteiger partial charge in [0.25, 0.3) is 5.24 Å². The van der Waals surface area contributed by atoms with Crippen molar-refractivity contribution < 1.29 is 22.7 Å². The molecular weight excluding hydrogens is 667 g/mol. The predicted molar refractivity (Wildman–Crippen MR) is 199 cm³/mol. The summed E-state index contributed by atoms with van der Waals surface area (Å²) in [5, 5.41) is 0.847. The number of hydrogen-bond acceptors (Lipinski definition) is 7. The monoisotopic (exact) mass is 705 g/mol. The minimum absolute atomic E-state index is 0.0606. The number of ether oxygens (including phenoxy) is 2. The molecule has 0 radical (unpaired) electrons. The third-order valence-electron chi connectivity index (χ3n) is 9.73. The average Bonchev–Trinajstić information content (AvgIpc) is 3.47. The summed E-state index contributed by atoms with van der Waals surface area (Å²) in [6.07, 6.45) is 3.35. The lowest BCUT2D eigenvalue weighted by atomic mass is 9.79. The molecule has 0 unspecified atom stereocenters. The fourth-order valence-corrected chi connectivity index (χ4v) is 9.35. The smallest absolute Gasteiger partial charge is 0.282 e. The van der Waals surface area contributed by atoms with Gasteiger partial charge in [-0.2, -0.15) is 0 Å². The Labute approximate surface area is 297 Å². The first-order chi connectivity index (χ1) is 24.2. The van der Waals surface area contributed by atoms with Gasteiger partial charge in [0.15, 0.2) is 0 Å². The van der Waals surface area contributed by atoms with Gasteiger partial charge in [0, 0.05) is 30.1 Å². The van der Waals surface area contributed by atoms with Crippen LogP contribution in [0.25, 0.3) is 22.2 Å². The van der Waals surface area contributed by atoms with E-state index in [0.717, 1.165) is 63.4 Å². The molecule has 5 aromatic rings. The summed E-state index contributed by atoms with van der Waals surface area (Å²) in [5.74, 6) is 2.25. The number of sulfonamides is 1. The van der Waals surface area contributed by atoms with Crippen LogP contribution in [0.4, 0.5) is 4.79 Å². The number of fused-ring (bicyclic) bond motifs is 2. The molecule has 50 heavy (non-hydrogen) atoms. The normalized spacial score (nSPS) is 19.6. The van der Waals surface area contributed by atoms with Crippen molar-refractivity contribution in [3.63, 3.8) is 0 Å². The maximum Gasteiger partial charge on any atom is 0.282 e. The molecule has 4 aromatic carbocycles. The van der Waals surface area contributed by atoms with Gasteiger partial charge in [-0.05, 0) is 110 Å². The highest BCUT2D eigenvalue weighted by atomic mass is 32.2. The Morgan fingerprint density at radius 1 is 0.980 bits per heavy atom. The number of aromatic nitrogens is 1. The maximum absolute atomic E-state index is 13.5. The van der Waals surface area contributed by atoms with Crippen LogP contribution in [0.2, 0.25) is 0 Å². The number of pyridine rings is 1. The zero-order valence-electron chi connectivity index (χ0n) is 28.0. The maximum atomic E-state index is 13.5. The van der Waals surface area contributed by atoms with Crippen LogP contribution in [0.15, 0.2) is 121 Å². The summed E-state index contributed by atoms with van der Waals surface area (Å²) in [7, 11) is -2.03. The van der Waals surface area contributed by atoms with Gasteiger partial charge >= 0.3 is 0 Å². The van der Waals surface area contributed by atoms with Crippen LogP contribution in [-0.4, -0.2) is 49.8 Å². The van der Waals surface area contributed by atoms with E-state index in [4.69, 9.17) is 14.5 Å². The van der Waals surface area contributed by atoms with Crippen LogP contribution in [0.3, 0.4) is 0 Å². The molecule has 0 saturated carbocycles. The Balaban J connectivity index is 1.17. The van der Waals surface area contributed by atoms with Gasteiger partial charge in [-0.1, -0.05) is 53.7 Å². The summed E-state index contributed by atoms with van der Waals surface area (Å²) in [4.78, 5) is 20.8. The summed E-state index contributed by atoms with van der Waals surface area (Å²) in [6.45, 7) is 6.86. The van der Waals surface area contributed by atoms with Crippen LogP contribution < -0.4 is 14.2 Å². The molecule has 0 spiro atoms. The fourth-order valence-electron chi connectivity index (χ4n) is 6.96. The molecule has 7 rings (SSSR count). The van der Waals surface area contributed by atoms with E-state index < -0.39 is 10.0 Å². The molecule has 2 aliphatic heterocycles. The summed E-state index contributed by atoms with van der Waals surface area (Å²) < 4.78 is 40.7. The number of aryl methyl sites for hydroxylation is 1. The molecule has 0 bridgehead atoms. The number of nitrogens with zero attached hydrogens (tertiary/aromatic N) is 2. The molecule has 4 atom stereocenters. The molecule has 1 aromatic heterocycles. The van der Waals surface area contributed by atoms with Gasteiger partial charge in [-0.15, -0.1) is 6.58 Å². The van der Waals surface area contributed by atoms with Crippen molar-refractivity contribution in [1.82, 2.24) is 14.6 Å². The number of para-hydroxylation sites is 1. The summed E-state index contributed by atoms with van der Waals surface area (Å²) in [5.41, 5.74) is 4.57. The van der Waals surface area contributed by atoms with E-state index in [-0.39, 0.29) is 39.8 Å². The van der Waals surface area contributed by atoms with Gasteiger partial charge in [0.05, 0.1) is 28.5 Å². The third-order valence-corrected chi connectivity index (χ3v) is 12.4. The third kappa shape index (κ3) is 7.01. The zero-order chi connectivity index (χ0) is 34.8. The molecule has 2 saturated heterocycles. The average molecular weight is 706 g/mol. The molecule has 1 N–H and O–H groups in total. The number of piperidine rings is 1. The number of carbonyl (C=O) groups is 1. The first kappa shape index (κ1) is 33.8. The minimum atomic E-state index is -3.67. The Bertz CT molecular complexity index is 2120. The predicted octanol–water partition coefficient (Wildman–Crippen LogP) is 8.78. The number of amides is 1. The highest BCUT2D eigenvalue weighted by molar-refractivity contribution is 8.14.